The minimum atomic E-state index is -0.776. The Morgan fingerprint density at radius 1 is 1.50 bits per heavy atom. The molecule has 1 rings (SSSR count). The average Bonchev–Trinajstić information content (AvgIpc) is 2.34. The molecule has 0 radical (unpaired) electrons. The van der Waals surface area contributed by atoms with Crippen molar-refractivity contribution in [1.82, 2.24) is 5.32 Å². The summed E-state index contributed by atoms with van der Waals surface area (Å²) < 4.78 is 0. The topological polar surface area (TPSA) is 49.3 Å². The first kappa shape index (κ1) is 15.8. The first-order valence-corrected chi connectivity index (χ1v) is 8.13. The van der Waals surface area contributed by atoms with Crippen LogP contribution in [0.4, 0.5) is 0 Å². The Labute approximate surface area is 115 Å². The van der Waals surface area contributed by atoms with Gasteiger partial charge in [0, 0.05) is 11.0 Å². The molecular formula is C14H27NO2S. The first-order valence-electron chi connectivity index (χ1n) is 7.08. The molecule has 2 N–H and O–H groups in total. The standard InChI is InChI=1S/C14H27NO2S/c1-4-8-15-14(3,13(16)17)10-18-12-7-5-6-11(2)9-12/h11-12,15H,4-10H2,1-3H3,(H,16,17). The molecule has 0 aromatic rings. The Morgan fingerprint density at radius 3 is 2.78 bits per heavy atom. The fourth-order valence-electron chi connectivity index (χ4n) is 2.40. The number of hydrogen-bond donors (Lipinski definition) is 2. The largest absolute Gasteiger partial charge is 0.480 e. The number of rotatable bonds is 7. The minimum absolute atomic E-state index is 0.649. The number of nitrogens with one attached hydrogen (secondary N) is 1. The van der Waals surface area contributed by atoms with Crippen LogP contribution in [0.5, 0.6) is 0 Å². The lowest BCUT2D eigenvalue weighted by Crippen LogP contribution is -2.52. The van der Waals surface area contributed by atoms with Gasteiger partial charge in [-0.3, -0.25) is 4.79 Å². The number of aliphatic carboxylic acids is 1. The smallest absolute Gasteiger partial charge is 0.324 e. The van der Waals surface area contributed by atoms with Gasteiger partial charge >= 0.3 is 5.97 Å². The third-order valence-electron chi connectivity index (χ3n) is 3.73. The van der Waals surface area contributed by atoms with Gasteiger partial charge in [-0.2, -0.15) is 11.8 Å². The van der Waals surface area contributed by atoms with E-state index in [1.807, 2.05) is 18.7 Å². The van der Waals surface area contributed by atoms with Gasteiger partial charge in [0.25, 0.3) is 0 Å². The van der Waals surface area contributed by atoms with Gasteiger partial charge in [-0.25, -0.2) is 0 Å². The fourth-order valence-corrected chi connectivity index (χ4v) is 4.00. The van der Waals surface area contributed by atoms with Gasteiger partial charge in [-0.15, -0.1) is 0 Å². The van der Waals surface area contributed by atoms with Crippen LogP contribution in [0.2, 0.25) is 0 Å². The van der Waals surface area contributed by atoms with Gasteiger partial charge in [-0.05, 0) is 38.6 Å². The molecule has 4 heteroatoms. The zero-order valence-electron chi connectivity index (χ0n) is 11.9. The predicted octanol–water partition coefficient (Wildman–Crippen LogP) is 3.14. The molecule has 0 bridgehead atoms. The van der Waals surface area contributed by atoms with E-state index in [1.54, 1.807) is 0 Å². The quantitative estimate of drug-likeness (QED) is 0.748. The van der Waals surface area contributed by atoms with Crippen molar-refractivity contribution in [3.8, 4) is 0 Å². The van der Waals surface area contributed by atoms with E-state index in [-0.39, 0.29) is 0 Å². The second kappa shape index (κ2) is 7.39. The maximum absolute atomic E-state index is 11.4. The summed E-state index contributed by atoms with van der Waals surface area (Å²) in [7, 11) is 0. The van der Waals surface area contributed by atoms with Crippen molar-refractivity contribution in [1.29, 1.82) is 0 Å². The second-order valence-electron chi connectivity index (χ2n) is 5.77. The molecular weight excluding hydrogens is 246 g/mol. The van der Waals surface area contributed by atoms with Gasteiger partial charge in [0.05, 0.1) is 0 Å². The Kier molecular flexibility index (Phi) is 6.50. The van der Waals surface area contributed by atoms with E-state index in [2.05, 4.69) is 19.2 Å². The van der Waals surface area contributed by atoms with Crippen molar-refractivity contribution in [2.75, 3.05) is 12.3 Å². The maximum Gasteiger partial charge on any atom is 0.324 e. The molecule has 18 heavy (non-hydrogen) atoms. The van der Waals surface area contributed by atoms with Crippen LogP contribution >= 0.6 is 11.8 Å². The van der Waals surface area contributed by atoms with Crippen molar-refractivity contribution in [2.24, 2.45) is 5.92 Å². The number of thioether (sulfide) groups is 1. The summed E-state index contributed by atoms with van der Waals surface area (Å²) in [6.45, 7) is 6.94. The Morgan fingerprint density at radius 2 is 2.22 bits per heavy atom. The molecule has 0 aromatic carbocycles. The van der Waals surface area contributed by atoms with Gasteiger partial charge in [0.15, 0.2) is 0 Å². The van der Waals surface area contributed by atoms with Crippen LogP contribution in [0, 0.1) is 5.92 Å². The van der Waals surface area contributed by atoms with Crippen LogP contribution in [-0.4, -0.2) is 34.2 Å². The first-order chi connectivity index (χ1) is 8.48. The van der Waals surface area contributed by atoms with Crippen molar-refractivity contribution in [2.45, 2.75) is 63.7 Å². The monoisotopic (exact) mass is 273 g/mol. The summed E-state index contributed by atoms with van der Waals surface area (Å²) in [6, 6.07) is 0. The lowest BCUT2D eigenvalue weighted by Gasteiger charge is -2.31. The third kappa shape index (κ3) is 4.81. The van der Waals surface area contributed by atoms with Crippen LogP contribution in [0.1, 0.15) is 52.9 Å². The van der Waals surface area contributed by atoms with Crippen molar-refractivity contribution in [3.63, 3.8) is 0 Å². The molecule has 3 atom stereocenters. The highest BCUT2D eigenvalue weighted by atomic mass is 32.2. The lowest BCUT2D eigenvalue weighted by molar-refractivity contribution is -0.143. The summed E-state index contributed by atoms with van der Waals surface area (Å²) in [5.41, 5.74) is -0.776. The molecule has 0 saturated heterocycles. The Balaban J connectivity index is 2.43. The van der Waals surface area contributed by atoms with Gasteiger partial charge in [0.1, 0.15) is 5.54 Å². The molecule has 1 fully saturated rings. The van der Waals surface area contributed by atoms with Crippen LogP contribution in [-0.2, 0) is 4.79 Å². The van der Waals surface area contributed by atoms with Crippen LogP contribution in [0.25, 0.3) is 0 Å². The summed E-state index contributed by atoms with van der Waals surface area (Å²) in [4.78, 5) is 11.4. The van der Waals surface area contributed by atoms with Gasteiger partial charge < -0.3 is 10.4 Å². The molecule has 3 unspecified atom stereocenters. The maximum atomic E-state index is 11.4. The normalized spacial score (nSPS) is 27.7. The molecule has 106 valence electrons. The predicted molar refractivity (Wildman–Crippen MR) is 78.2 cm³/mol. The Bertz CT molecular complexity index is 273. The summed E-state index contributed by atoms with van der Waals surface area (Å²) in [5.74, 6) is 0.739. The lowest BCUT2D eigenvalue weighted by atomic mass is 9.91. The van der Waals surface area contributed by atoms with E-state index in [0.29, 0.717) is 11.0 Å². The van der Waals surface area contributed by atoms with E-state index in [4.69, 9.17) is 0 Å². The second-order valence-corrected chi connectivity index (χ2v) is 7.06. The molecule has 1 saturated carbocycles. The third-order valence-corrected chi connectivity index (χ3v) is 5.38. The number of hydrogen-bond acceptors (Lipinski definition) is 3. The van der Waals surface area contributed by atoms with Crippen molar-refractivity contribution in [3.05, 3.63) is 0 Å². The highest BCUT2D eigenvalue weighted by molar-refractivity contribution is 8.00. The zero-order chi connectivity index (χ0) is 13.6. The number of carboxylic acids is 1. The van der Waals surface area contributed by atoms with Gasteiger partial charge in [0.2, 0.25) is 0 Å². The highest BCUT2D eigenvalue weighted by Gasteiger charge is 2.33. The van der Waals surface area contributed by atoms with Crippen LogP contribution in [0.3, 0.4) is 0 Å². The average molecular weight is 273 g/mol. The Hall–Kier alpha value is -0.220. The molecule has 1 aliphatic carbocycles. The molecule has 3 nitrogen and oxygen atoms in total. The SMILES string of the molecule is CCCNC(C)(CSC1CCCC(C)C1)C(=O)O. The minimum Gasteiger partial charge on any atom is -0.480 e. The number of carbonyl (C=O) groups is 1. The molecule has 0 amide bonds. The highest BCUT2D eigenvalue weighted by Crippen LogP contribution is 2.33. The van der Waals surface area contributed by atoms with Crippen LogP contribution < -0.4 is 5.32 Å². The van der Waals surface area contributed by atoms with E-state index in [1.165, 1.54) is 25.7 Å². The van der Waals surface area contributed by atoms with E-state index >= 15 is 0 Å². The van der Waals surface area contributed by atoms with E-state index in [9.17, 15) is 9.90 Å². The van der Waals surface area contributed by atoms with Crippen molar-refractivity contribution >= 4 is 17.7 Å². The molecule has 0 heterocycles. The van der Waals surface area contributed by atoms with Crippen molar-refractivity contribution < 1.29 is 9.90 Å². The molecule has 0 aliphatic heterocycles. The summed E-state index contributed by atoms with van der Waals surface area (Å²) in [6.07, 6.45) is 6.09. The molecule has 0 aromatic heterocycles. The fraction of sp³-hybridized carbons (Fsp3) is 0.929. The summed E-state index contributed by atoms with van der Waals surface area (Å²) in [5, 5.41) is 13.2. The van der Waals surface area contributed by atoms with E-state index < -0.39 is 11.5 Å². The molecule has 0 spiro atoms. The number of carboxylic acid groups (broad SMARTS) is 1. The molecule has 1 aliphatic rings. The van der Waals surface area contributed by atoms with Crippen LogP contribution in [0.15, 0.2) is 0 Å². The van der Waals surface area contributed by atoms with Gasteiger partial charge in [-0.1, -0.05) is 26.7 Å². The zero-order valence-corrected chi connectivity index (χ0v) is 12.7. The summed E-state index contributed by atoms with van der Waals surface area (Å²) >= 11 is 1.84. The van der Waals surface area contributed by atoms with E-state index in [0.717, 1.165) is 18.9 Å².